The fourth-order valence-electron chi connectivity index (χ4n) is 10.6. The Hall–Kier alpha value is -8.74. The molecule has 0 saturated carbocycles. The molecule has 28 nitrogen and oxygen atoms in total. The quantitative estimate of drug-likeness (QED) is 0.0213. The fourth-order valence-corrected chi connectivity index (χ4v) is 11.3. The zero-order valence-corrected chi connectivity index (χ0v) is 49.5. The molecule has 4 aliphatic rings. The number of ketones is 3. The Morgan fingerprint density at radius 3 is 2.05 bits per heavy atom. The average Bonchev–Trinajstić information content (AvgIpc) is 0.748. The third-order valence-corrected chi connectivity index (χ3v) is 16.3. The first-order valence-electron chi connectivity index (χ1n) is 28.0. The number of rotatable bonds is 23. The van der Waals surface area contributed by atoms with Crippen LogP contribution in [0, 0.1) is 5.92 Å². The Bertz CT molecular complexity index is 3260. The lowest BCUT2D eigenvalue weighted by Gasteiger charge is -2.46. The number of nitrogens with one attached hydrogen (secondary N) is 5. The predicted octanol–water partition coefficient (Wildman–Crippen LogP) is 0.972. The summed E-state index contributed by atoms with van der Waals surface area (Å²) in [4.78, 5) is 148. The van der Waals surface area contributed by atoms with E-state index in [0.29, 0.717) is 5.56 Å². The number of fused-ring (bicyclic) bond motifs is 3. The number of nitrogens with two attached hydrogens (primary N) is 1. The number of thioether (sulfide) groups is 1. The van der Waals surface area contributed by atoms with Gasteiger partial charge in [0.2, 0.25) is 41.2 Å². The second kappa shape index (κ2) is 28.4. The summed E-state index contributed by atoms with van der Waals surface area (Å²) >= 11 is 1.11. The monoisotopic (exact) mass is 1240 g/mol. The van der Waals surface area contributed by atoms with Gasteiger partial charge in [0.05, 0.1) is 54.6 Å². The summed E-state index contributed by atoms with van der Waals surface area (Å²) in [5.41, 5.74) is 0.955. The van der Waals surface area contributed by atoms with E-state index in [2.05, 4.69) is 39.7 Å². The Labute approximate surface area is 509 Å². The number of urea groups is 1. The molecule has 7 rings (SSSR count). The third-order valence-electron chi connectivity index (χ3n) is 15.3. The van der Waals surface area contributed by atoms with Crippen molar-refractivity contribution in [1.82, 2.24) is 36.0 Å². The SMILES string of the molecule is C=CC(=O)N1CN(C(=O)C=C)CN(C(=O)CCSCC(=O)N[C@H](C(=O)N[C@@H](CCCNC(N)=O)C(=O)Nc2ccc(COC(=O)N[C@H]3C[C@H](O[C@@]4(O)C[C@](O)(C(C)=O)Cc5c(O)c6c(c(O)c54)C(=O)c4ccccc4C6=O)O[C@@H](C)[C@H]3O)cc2)C(C)C)C1. The van der Waals surface area contributed by atoms with E-state index >= 15 is 0 Å². The lowest BCUT2D eigenvalue weighted by Crippen LogP contribution is -2.59. The van der Waals surface area contributed by atoms with E-state index in [9.17, 15) is 78.3 Å². The van der Waals surface area contributed by atoms with E-state index in [1.807, 2.05) is 0 Å². The normalized spacial score (nSPS) is 21.9. The van der Waals surface area contributed by atoms with Crippen molar-refractivity contribution in [2.75, 3.05) is 43.4 Å². The maximum Gasteiger partial charge on any atom is 0.407 e. The number of Topliss-reactive ketones (excluding diaryl/α,β-unsaturated/α-hetero) is 1. The summed E-state index contributed by atoms with van der Waals surface area (Å²) in [6.07, 6.45) is -4.92. The summed E-state index contributed by atoms with van der Waals surface area (Å²) in [6, 6.07) is 7.37. The number of hydrogen-bond donors (Lipinski definition) is 11. The Balaban J connectivity index is 0.935. The minimum absolute atomic E-state index is 0.0139. The molecule has 2 aliphatic heterocycles. The maximum atomic E-state index is 13.8. The fraction of sp³-hybridized carbons (Fsp3) is 0.441. The molecule has 9 amide bonds. The molecule has 2 fully saturated rings. The molecule has 8 atom stereocenters. The number of benzene rings is 3. The highest BCUT2D eigenvalue weighted by atomic mass is 32.2. The van der Waals surface area contributed by atoms with Gasteiger partial charge in [0.25, 0.3) is 0 Å². The van der Waals surface area contributed by atoms with E-state index in [1.54, 1.807) is 13.8 Å². The number of carbonyl (C=O) groups excluding carboxylic acids is 11. The van der Waals surface area contributed by atoms with Crippen molar-refractivity contribution >= 4 is 82.4 Å². The van der Waals surface area contributed by atoms with Gasteiger partial charge in [-0.25, -0.2) is 9.59 Å². The first-order chi connectivity index (χ1) is 41.6. The van der Waals surface area contributed by atoms with Crippen LogP contribution in [0.1, 0.15) is 108 Å². The van der Waals surface area contributed by atoms with Crippen molar-refractivity contribution in [2.24, 2.45) is 11.7 Å². The van der Waals surface area contributed by atoms with Crippen molar-refractivity contribution in [1.29, 1.82) is 0 Å². The number of alkyl carbamates (subject to hydrolysis) is 1. The van der Waals surface area contributed by atoms with Crippen molar-refractivity contribution < 1.29 is 92.5 Å². The molecule has 3 aromatic carbocycles. The predicted molar refractivity (Wildman–Crippen MR) is 312 cm³/mol. The number of carbonyl (C=O) groups is 11. The molecule has 3 aromatic rings. The van der Waals surface area contributed by atoms with Crippen LogP contribution in [-0.2, 0) is 66.6 Å². The lowest BCUT2D eigenvalue weighted by molar-refractivity contribution is -0.340. The molecule has 29 heteroatoms. The van der Waals surface area contributed by atoms with Crippen LogP contribution in [0.3, 0.4) is 0 Å². The number of phenolic OH excluding ortho intramolecular Hbond substituents is 2. The number of aliphatic hydroxyl groups is 3. The van der Waals surface area contributed by atoms with Crippen LogP contribution in [0.25, 0.3) is 0 Å². The third kappa shape index (κ3) is 15.3. The molecule has 472 valence electrons. The summed E-state index contributed by atoms with van der Waals surface area (Å²) in [5.74, 6) is -11.0. The van der Waals surface area contributed by atoms with E-state index in [0.717, 1.165) is 30.8 Å². The van der Waals surface area contributed by atoms with Crippen LogP contribution < -0.4 is 32.3 Å². The smallest absolute Gasteiger partial charge is 0.407 e. The summed E-state index contributed by atoms with van der Waals surface area (Å²) < 4.78 is 17.3. The van der Waals surface area contributed by atoms with Crippen LogP contribution in [0.4, 0.5) is 15.3 Å². The molecule has 0 bridgehead atoms. The molecule has 0 radical (unpaired) electrons. The van der Waals surface area contributed by atoms with Crippen LogP contribution in [0.15, 0.2) is 73.8 Å². The van der Waals surface area contributed by atoms with Crippen LogP contribution >= 0.6 is 11.8 Å². The zero-order valence-electron chi connectivity index (χ0n) is 48.7. The van der Waals surface area contributed by atoms with E-state index in [1.165, 1.54) is 70.2 Å². The Morgan fingerprint density at radius 1 is 0.864 bits per heavy atom. The number of ether oxygens (including phenoxy) is 3. The first-order valence-corrected chi connectivity index (χ1v) is 29.2. The average molecular weight is 1240 g/mol. The first kappa shape index (κ1) is 66.8. The highest BCUT2D eigenvalue weighted by Gasteiger charge is 2.56. The summed E-state index contributed by atoms with van der Waals surface area (Å²) in [5, 5.41) is 71.5. The maximum absolute atomic E-state index is 13.8. The van der Waals surface area contributed by atoms with E-state index in [4.69, 9.17) is 19.9 Å². The van der Waals surface area contributed by atoms with Gasteiger partial charge in [-0.2, -0.15) is 11.8 Å². The van der Waals surface area contributed by atoms with Gasteiger partial charge in [-0.3, -0.25) is 43.2 Å². The van der Waals surface area contributed by atoms with Crippen molar-refractivity contribution in [3.63, 3.8) is 0 Å². The number of phenols is 2. The van der Waals surface area contributed by atoms with Gasteiger partial charge in [0, 0.05) is 60.4 Å². The minimum Gasteiger partial charge on any atom is -0.507 e. The van der Waals surface area contributed by atoms with Crippen molar-refractivity contribution in [3.05, 3.63) is 113 Å². The minimum atomic E-state index is -2.91. The lowest BCUT2D eigenvalue weighted by atomic mass is 9.70. The molecule has 0 aromatic heterocycles. The number of primary amides is 1. The second-order valence-corrected chi connectivity index (χ2v) is 23.1. The molecule has 2 aliphatic carbocycles. The van der Waals surface area contributed by atoms with Gasteiger partial charge in [-0.1, -0.05) is 63.4 Å². The molecule has 2 saturated heterocycles. The van der Waals surface area contributed by atoms with Gasteiger partial charge < -0.3 is 86.8 Å². The molecule has 0 unspecified atom stereocenters. The van der Waals surface area contributed by atoms with Crippen LogP contribution in [0.2, 0.25) is 0 Å². The van der Waals surface area contributed by atoms with Crippen molar-refractivity contribution in [2.45, 2.75) is 121 Å². The van der Waals surface area contributed by atoms with E-state index in [-0.39, 0.29) is 86.6 Å². The van der Waals surface area contributed by atoms with Crippen LogP contribution in [0.5, 0.6) is 11.5 Å². The van der Waals surface area contributed by atoms with E-state index < -0.39 is 166 Å². The standard InChI is InChI=1S/C59H71N9O19S/c1-7-41(71)66-27-67(42(72)8-2)29-68(28-66)43(73)19-21-88-25-40(70)65-48(30(3)4)55(80)63-38(14-11-20-61-56(60)81)54(79)62-34-17-15-33(16-18-34)24-85-57(82)64-39-22-44(86-31(5)49(39)74)87-59(84)26-58(83,32(6)69)23-37-47(59)53(78)46-45(52(37)77)50(75)35-12-9-10-13-36(35)51(46)76/h7-10,12-13,15-18,30-31,38-39,44,48-49,74,77-78,83-84H,1-2,11,14,19-29H2,3-6H3,(H,62,79)(H,63,80)(H,64,82)(H,65,70)(H3,60,61,81)/t31-,38-,39-,44-,48-,49+,58-,59-/m0/s1. The molecular formula is C59H71N9O19S. The highest BCUT2D eigenvalue weighted by Crippen LogP contribution is 2.53. The Morgan fingerprint density at radius 2 is 1.47 bits per heavy atom. The molecule has 0 spiro atoms. The topological polar surface area (TPSA) is 413 Å². The zero-order chi connectivity index (χ0) is 64.5. The number of aromatic hydroxyl groups is 2. The summed E-state index contributed by atoms with van der Waals surface area (Å²) in [7, 11) is 0. The van der Waals surface area contributed by atoms with Gasteiger partial charge in [-0.05, 0) is 62.5 Å². The van der Waals surface area contributed by atoms with Gasteiger partial charge >= 0.3 is 12.1 Å². The second-order valence-electron chi connectivity index (χ2n) is 22.0. The van der Waals surface area contributed by atoms with Crippen molar-refractivity contribution in [3.8, 4) is 11.5 Å². The van der Waals surface area contributed by atoms with Gasteiger partial charge in [0.1, 0.15) is 41.9 Å². The number of nitrogens with zero attached hydrogens (tertiary/aromatic N) is 3. The largest absolute Gasteiger partial charge is 0.507 e. The molecule has 2 heterocycles. The van der Waals surface area contributed by atoms with Gasteiger partial charge in [0.15, 0.2) is 23.6 Å². The Kier molecular flexibility index (Phi) is 21.5. The molecule has 12 N–H and O–H groups in total. The number of hydrogen-bond acceptors (Lipinski definition) is 20. The summed E-state index contributed by atoms with van der Waals surface area (Å²) in [6.45, 7) is 12.2. The van der Waals surface area contributed by atoms with Crippen LogP contribution in [-0.4, -0.2) is 185 Å². The number of aliphatic hydroxyl groups excluding tert-OH is 1. The molecule has 88 heavy (non-hydrogen) atoms. The van der Waals surface area contributed by atoms with Gasteiger partial charge in [-0.15, -0.1) is 0 Å². The molecular weight excluding hydrogens is 1170 g/mol. The number of anilines is 1. The highest BCUT2D eigenvalue weighted by molar-refractivity contribution is 7.99. The number of amides is 9.